The molecular weight excluding hydrogens is 418 g/mol. The Bertz CT molecular complexity index is 789. The monoisotopic (exact) mass is 437 g/mol. The predicted octanol–water partition coefficient (Wildman–Crippen LogP) is 2.14. The third-order valence-electron chi connectivity index (χ3n) is 4.95. The van der Waals surface area contributed by atoms with Gasteiger partial charge in [0.15, 0.2) is 6.61 Å². The van der Waals surface area contributed by atoms with Crippen LogP contribution < -0.4 is 10.7 Å². The van der Waals surface area contributed by atoms with Crippen LogP contribution in [0.3, 0.4) is 0 Å². The Kier molecular flexibility index (Phi) is 5.50. The second-order valence-corrected chi connectivity index (χ2v) is 7.78. The minimum absolute atomic E-state index is 0.274. The summed E-state index contributed by atoms with van der Waals surface area (Å²) in [4.78, 5) is 48.9. The highest BCUT2D eigenvalue weighted by molar-refractivity contribution is 9.10. The first kappa shape index (κ1) is 19.3. The number of hydrogen-bond acceptors (Lipinski definition) is 5. The van der Waals surface area contributed by atoms with Crippen molar-refractivity contribution in [1.29, 1.82) is 0 Å². The van der Waals surface area contributed by atoms with Crippen LogP contribution in [0.5, 0.6) is 0 Å². The summed E-state index contributed by atoms with van der Waals surface area (Å²) in [6, 6.07) is 5.97. The molecule has 1 aromatic rings. The molecule has 2 N–H and O–H groups in total. The van der Waals surface area contributed by atoms with Gasteiger partial charge in [0.05, 0.1) is 5.56 Å². The van der Waals surface area contributed by atoms with Gasteiger partial charge in [-0.2, -0.15) is 5.01 Å². The number of esters is 1. The molecule has 0 radical (unpaired) electrons. The van der Waals surface area contributed by atoms with Crippen LogP contribution in [-0.2, 0) is 14.3 Å². The molecule has 0 bridgehead atoms. The van der Waals surface area contributed by atoms with E-state index in [4.69, 9.17) is 4.74 Å². The van der Waals surface area contributed by atoms with Gasteiger partial charge in [0.1, 0.15) is 5.54 Å². The van der Waals surface area contributed by atoms with E-state index in [-0.39, 0.29) is 5.56 Å². The van der Waals surface area contributed by atoms with Crippen LogP contribution >= 0.6 is 15.9 Å². The number of nitrogens with one attached hydrogen (secondary N) is 2. The van der Waals surface area contributed by atoms with E-state index in [0.29, 0.717) is 28.2 Å². The number of carbonyl (C=O) groups is 4. The number of nitrogens with zero attached hydrogens (tertiary/aromatic N) is 1. The molecule has 1 saturated heterocycles. The molecular formula is C18H20BrN3O5. The number of benzene rings is 1. The number of hydrogen-bond donors (Lipinski definition) is 2. The Morgan fingerprint density at radius 3 is 2.63 bits per heavy atom. The van der Waals surface area contributed by atoms with E-state index in [2.05, 4.69) is 33.6 Å². The highest BCUT2D eigenvalue weighted by Gasteiger charge is 2.52. The van der Waals surface area contributed by atoms with Crippen LogP contribution in [0.25, 0.3) is 0 Å². The average molecular weight is 438 g/mol. The Balaban J connectivity index is 1.56. The van der Waals surface area contributed by atoms with Crippen molar-refractivity contribution in [2.45, 2.75) is 38.1 Å². The highest BCUT2D eigenvalue weighted by atomic mass is 79.9. The molecule has 1 aliphatic carbocycles. The summed E-state index contributed by atoms with van der Waals surface area (Å²) in [7, 11) is 0. The lowest BCUT2D eigenvalue weighted by Crippen LogP contribution is -2.52. The van der Waals surface area contributed by atoms with Crippen molar-refractivity contribution in [1.82, 2.24) is 15.8 Å². The van der Waals surface area contributed by atoms with Gasteiger partial charge in [0.25, 0.3) is 11.8 Å². The maximum absolute atomic E-state index is 12.7. The Morgan fingerprint density at radius 2 is 1.96 bits per heavy atom. The molecule has 1 aliphatic heterocycles. The Labute approximate surface area is 164 Å². The van der Waals surface area contributed by atoms with E-state index in [1.54, 1.807) is 24.3 Å². The van der Waals surface area contributed by atoms with Gasteiger partial charge in [-0.3, -0.25) is 15.0 Å². The van der Waals surface area contributed by atoms with Gasteiger partial charge in [0, 0.05) is 4.47 Å². The van der Waals surface area contributed by atoms with Gasteiger partial charge in [-0.25, -0.2) is 9.59 Å². The maximum Gasteiger partial charge on any atom is 0.344 e. The van der Waals surface area contributed by atoms with Crippen molar-refractivity contribution in [2.24, 2.45) is 5.92 Å². The summed E-state index contributed by atoms with van der Waals surface area (Å²) in [6.45, 7) is 1.49. The van der Waals surface area contributed by atoms with Crippen LogP contribution in [0.2, 0.25) is 0 Å². The molecule has 9 heteroatoms. The Hall–Kier alpha value is -2.42. The van der Waals surface area contributed by atoms with Gasteiger partial charge < -0.3 is 10.1 Å². The van der Waals surface area contributed by atoms with E-state index in [1.807, 2.05) is 0 Å². The average Bonchev–Trinajstić information content (AvgIpc) is 2.87. The second kappa shape index (κ2) is 7.67. The fraction of sp³-hybridized carbons (Fsp3) is 0.444. The number of rotatable bonds is 4. The zero-order chi connectivity index (χ0) is 19.6. The van der Waals surface area contributed by atoms with E-state index in [0.717, 1.165) is 12.8 Å². The van der Waals surface area contributed by atoms with E-state index < -0.39 is 36.0 Å². The third-order valence-corrected chi connectivity index (χ3v) is 5.65. The molecule has 3 rings (SSSR count). The molecule has 2 fully saturated rings. The Morgan fingerprint density at radius 1 is 1.30 bits per heavy atom. The number of hydrazine groups is 1. The summed E-state index contributed by atoms with van der Waals surface area (Å²) < 4.78 is 5.49. The zero-order valence-electron chi connectivity index (χ0n) is 14.8. The molecule has 1 heterocycles. The van der Waals surface area contributed by atoms with Gasteiger partial charge in [-0.05, 0) is 59.7 Å². The number of urea groups is 1. The summed E-state index contributed by atoms with van der Waals surface area (Å²) in [5.74, 6) is -1.42. The van der Waals surface area contributed by atoms with Crippen LogP contribution in [0.4, 0.5) is 4.79 Å². The molecule has 0 unspecified atom stereocenters. The molecule has 4 amide bonds. The lowest BCUT2D eigenvalue weighted by Gasteiger charge is -2.33. The predicted molar refractivity (Wildman–Crippen MR) is 98.3 cm³/mol. The van der Waals surface area contributed by atoms with Crippen LogP contribution in [-0.4, -0.2) is 41.0 Å². The largest absolute Gasteiger partial charge is 0.452 e. The number of carbonyl (C=O) groups excluding carboxylic acids is 4. The quantitative estimate of drug-likeness (QED) is 0.554. The minimum atomic E-state index is -0.942. The molecule has 1 saturated carbocycles. The molecule has 1 spiro atoms. The fourth-order valence-electron chi connectivity index (χ4n) is 3.31. The van der Waals surface area contributed by atoms with Crippen molar-refractivity contribution < 1.29 is 23.9 Å². The highest BCUT2D eigenvalue weighted by Crippen LogP contribution is 2.35. The molecule has 0 atom stereocenters. The first-order valence-electron chi connectivity index (χ1n) is 8.70. The molecule has 8 nitrogen and oxygen atoms in total. The first-order valence-corrected chi connectivity index (χ1v) is 9.49. The molecule has 27 heavy (non-hydrogen) atoms. The zero-order valence-corrected chi connectivity index (χ0v) is 16.4. The maximum atomic E-state index is 12.7. The topological polar surface area (TPSA) is 105 Å². The summed E-state index contributed by atoms with van der Waals surface area (Å²) >= 11 is 3.23. The van der Waals surface area contributed by atoms with Crippen LogP contribution in [0.1, 0.15) is 43.0 Å². The van der Waals surface area contributed by atoms with E-state index >= 15 is 0 Å². The summed E-state index contributed by atoms with van der Waals surface area (Å²) in [5.41, 5.74) is 1.56. The van der Waals surface area contributed by atoms with Crippen molar-refractivity contribution in [3.63, 3.8) is 0 Å². The van der Waals surface area contributed by atoms with E-state index in [1.165, 1.54) is 0 Å². The minimum Gasteiger partial charge on any atom is -0.452 e. The van der Waals surface area contributed by atoms with Gasteiger partial charge in [0.2, 0.25) is 0 Å². The van der Waals surface area contributed by atoms with Crippen molar-refractivity contribution >= 4 is 39.7 Å². The lowest BCUT2D eigenvalue weighted by molar-refractivity contribution is -0.141. The van der Waals surface area contributed by atoms with Gasteiger partial charge in [-0.15, -0.1) is 0 Å². The number of imide groups is 1. The fourth-order valence-corrected chi connectivity index (χ4v) is 3.75. The lowest BCUT2D eigenvalue weighted by atomic mass is 9.77. The molecule has 144 valence electrons. The SMILES string of the molecule is CC1CCC2(CC1)NC(=O)N(NC(=O)COC(=O)c1ccccc1Br)C2=O. The van der Waals surface area contributed by atoms with Crippen LogP contribution in [0, 0.1) is 5.92 Å². The standard InChI is InChI=1S/C18H20BrN3O5/c1-11-6-8-18(9-7-11)16(25)22(17(26)20-18)21-14(23)10-27-15(24)12-4-2-3-5-13(12)19/h2-5,11H,6-10H2,1H3,(H,20,26)(H,21,23). The van der Waals surface area contributed by atoms with Gasteiger partial charge >= 0.3 is 12.0 Å². The second-order valence-electron chi connectivity index (χ2n) is 6.93. The van der Waals surface area contributed by atoms with Gasteiger partial charge in [-0.1, -0.05) is 19.1 Å². The number of amides is 4. The normalized spacial score (nSPS) is 24.7. The number of ether oxygens (including phenoxy) is 1. The smallest absolute Gasteiger partial charge is 0.344 e. The first-order chi connectivity index (χ1) is 12.8. The van der Waals surface area contributed by atoms with Crippen molar-refractivity contribution in [3.8, 4) is 0 Å². The van der Waals surface area contributed by atoms with E-state index in [9.17, 15) is 19.2 Å². The van der Waals surface area contributed by atoms with Crippen LogP contribution in [0.15, 0.2) is 28.7 Å². The van der Waals surface area contributed by atoms with Crippen molar-refractivity contribution in [2.75, 3.05) is 6.61 Å². The molecule has 2 aliphatic rings. The summed E-state index contributed by atoms with van der Waals surface area (Å²) in [5, 5.41) is 3.39. The number of halogens is 1. The molecule has 0 aromatic heterocycles. The summed E-state index contributed by atoms with van der Waals surface area (Å²) in [6.07, 6.45) is 2.75. The van der Waals surface area contributed by atoms with Crippen molar-refractivity contribution in [3.05, 3.63) is 34.3 Å². The third kappa shape index (κ3) is 3.97. The molecule has 1 aromatic carbocycles.